The summed E-state index contributed by atoms with van der Waals surface area (Å²) in [5.74, 6) is -0.630. The maximum atomic E-state index is 10.9. The van der Waals surface area contributed by atoms with Crippen molar-refractivity contribution >= 4 is 22.6 Å². The molecule has 1 aromatic carbocycles. The van der Waals surface area contributed by atoms with Gasteiger partial charge in [0.25, 0.3) is 0 Å². The Morgan fingerprint density at radius 2 is 2.00 bits per heavy atom. The molecule has 6 heteroatoms. The van der Waals surface area contributed by atoms with Crippen LogP contribution in [0.15, 0.2) is 42.6 Å². The zero-order valence-electron chi connectivity index (χ0n) is 9.82. The summed E-state index contributed by atoms with van der Waals surface area (Å²) in [5.41, 5.74) is 6.35. The molecule has 2 aromatic heterocycles. The Labute approximate surface area is 108 Å². The number of rotatable bonds is 2. The number of nitrogens with zero attached hydrogens (tertiary/aromatic N) is 3. The van der Waals surface area contributed by atoms with Gasteiger partial charge in [-0.05, 0) is 18.2 Å². The average Bonchev–Trinajstić information content (AvgIpc) is 2.80. The lowest BCUT2D eigenvalue weighted by Crippen LogP contribution is -2.03. The van der Waals surface area contributed by atoms with Crippen molar-refractivity contribution in [1.82, 2.24) is 14.8 Å². The van der Waals surface area contributed by atoms with Crippen LogP contribution >= 0.6 is 0 Å². The SMILES string of the molecule is Nc1cn(-c2ccc3ccccc3n2)nc1C(=O)O. The van der Waals surface area contributed by atoms with Gasteiger partial charge in [0.15, 0.2) is 11.5 Å². The number of aromatic nitrogens is 3. The van der Waals surface area contributed by atoms with Crippen LogP contribution in [0.2, 0.25) is 0 Å². The molecule has 2 heterocycles. The van der Waals surface area contributed by atoms with Crippen LogP contribution in [0.5, 0.6) is 0 Å². The molecule has 19 heavy (non-hydrogen) atoms. The van der Waals surface area contributed by atoms with Crippen molar-refractivity contribution in [2.24, 2.45) is 0 Å². The number of aromatic carboxylic acids is 1. The number of pyridine rings is 1. The Morgan fingerprint density at radius 1 is 1.21 bits per heavy atom. The number of nitrogens with two attached hydrogens (primary N) is 1. The smallest absolute Gasteiger partial charge is 0.358 e. The van der Waals surface area contributed by atoms with Crippen LogP contribution in [0.1, 0.15) is 10.5 Å². The van der Waals surface area contributed by atoms with Gasteiger partial charge >= 0.3 is 5.97 Å². The second-order valence-electron chi connectivity index (χ2n) is 4.04. The number of para-hydroxylation sites is 1. The molecule has 0 bridgehead atoms. The van der Waals surface area contributed by atoms with E-state index in [1.165, 1.54) is 10.9 Å². The lowest BCUT2D eigenvalue weighted by Gasteiger charge is -2.02. The second kappa shape index (κ2) is 4.09. The fourth-order valence-electron chi connectivity index (χ4n) is 1.85. The molecule has 0 radical (unpaired) electrons. The monoisotopic (exact) mass is 254 g/mol. The first-order valence-electron chi connectivity index (χ1n) is 5.60. The summed E-state index contributed by atoms with van der Waals surface area (Å²) in [5, 5.41) is 13.8. The molecule has 0 fully saturated rings. The van der Waals surface area contributed by atoms with Gasteiger partial charge in [0, 0.05) is 5.39 Å². The highest BCUT2D eigenvalue weighted by Crippen LogP contribution is 2.16. The topological polar surface area (TPSA) is 94.0 Å². The first-order chi connectivity index (χ1) is 9.15. The van der Waals surface area contributed by atoms with Gasteiger partial charge in [-0.3, -0.25) is 0 Å². The van der Waals surface area contributed by atoms with Crippen LogP contribution in [-0.4, -0.2) is 25.8 Å². The fraction of sp³-hybridized carbons (Fsp3) is 0. The molecule has 0 aliphatic carbocycles. The van der Waals surface area contributed by atoms with E-state index in [9.17, 15) is 4.79 Å². The lowest BCUT2D eigenvalue weighted by atomic mass is 10.2. The van der Waals surface area contributed by atoms with E-state index in [2.05, 4.69) is 10.1 Å². The van der Waals surface area contributed by atoms with Gasteiger partial charge in [0.05, 0.1) is 17.4 Å². The summed E-state index contributed by atoms with van der Waals surface area (Å²) in [7, 11) is 0. The van der Waals surface area contributed by atoms with Crippen molar-refractivity contribution in [3.8, 4) is 5.82 Å². The second-order valence-corrected chi connectivity index (χ2v) is 4.04. The van der Waals surface area contributed by atoms with Gasteiger partial charge in [-0.2, -0.15) is 5.10 Å². The van der Waals surface area contributed by atoms with Gasteiger partial charge in [-0.1, -0.05) is 18.2 Å². The molecule has 0 amide bonds. The van der Waals surface area contributed by atoms with Gasteiger partial charge in [0.1, 0.15) is 0 Å². The highest BCUT2D eigenvalue weighted by atomic mass is 16.4. The van der Waals surface area contributed by atoms with E-state index in [-0.39, 0.29) is 11.4 Å². The number of benzene rings is 1. The molecule has 6 nitrogen and oxygen atoms in total. The molecule has 3 aromatic rings. The standard InChI is InChI=1S/C13H10N4O2/c14-9-7-17(16-12(9)13(18)19)11-6-5-8-3-1-2-4-10(8)15-11/h1-7H,14H2,(H,18,19). The third kappa shape index (κ3) is 1.89. The number of fused-ring (bicyclic) bond motifs is 1. The zero-order chi connectivity index (χ0) is 13.4. The first-order valence-corrected chi connectivity index (χ1v) is 5.60. The van der Waals surface area contributed by atoms with Crippen molar-refractivity contribution in [1.29, 1.82) is 0 Å². The predicted molar refractivity (Wildman–Crippen MR) is 70.2 cm³/mol. The van der Waals surface area contributed by atoms with Crippen LogP contribution in [-0.2, 0) is 0 Å². The van der Waals surface area contributed by atoms with E-state index < -0.39 is 5.97 Å². The van der Waals surface area contributed by atoms with Gasteiger partial charge < -0.3 is 10.8 Å². The molecular formula is C13H10N4O2. The predicted octanol–water partition coefficient (Wildman–Crippen LogP) is 1.70. The number of carbonyl (C=O) groups is 1. The van der Waals surface area contributed by atoms with Gasteiger partial charge in [-0.25, -0.2) is 14.5 Å². The van der Waals surface area contributed by atoms with E-state index >= 15 is 0 Å². The number of carboxylic acid groups (broad SMARTS) is 1. The summed E-state index contributed by atoms with van der Waals surface area (Å²) in [6, 6.07) is 11.3. The van der Waals surface area contributed by atoms with Crippen LogP contribution in [0.4, 0.5) is 5.69 Å². The summed E-state index contributed by atoms with van der Waals surface area (Å²) >= 11 is 0. The quantitative estimate of drug-likeness (QED) is 0.725. The zero-order valence-corrected chi connectivity index (χ0v) is 9.82. The first kappa shape index (κ1) is 11.2. The van der Waals surface area contributed by atoms with Crippen LogP contribution < -0.4 is 5.73 Å². The average molecular weight is 254 g/mol. The van der Waals surface area contributed by atoms with E-state index in [1.807, 2.05) is 30.3 Å². The molecule has 0 spiro atoms. The molecule has 0 saturated carbocycles. The molecule has 0 aliphatic heterocycles. The highest BCUT2D eigenvalue weighted by Gasteiger charge is 2.14. The minimum absolute atomic E-state index is 0.113. The number of carboxylic acids is 1. The van der Waals surface area contributed by atoms with Crippen molar-refractivity contribution in [3.05, 3.63) is 48.3 Å². The summed E-state index contributed by atoms with van der Waals surface area (Å²) in [4.78, 5) is 15.3. The highest BCUT2D eigenvalue weighted by molar-refractivity contribution is 5.91. The summed E-state index contributed by atoms with van der Waals surface area (Å²) in [6.07, 6.45) is 1.44. The summed E-state index contributed by atoms with van der Waals surface area (Å²) in [6.45, 7) is 0. The van der Waals surface area contributed by atoms with Crippen LogP contribution in [0.3, 0.4) is 0 Å². The number of hydrogen-bond donors (Lipinski definition) is 2. The van der Waals surface area contributed by atoms with Crippen molar-refractivity contribution < 1.29 is 9.90 Å². The Bertz CT molecular complexity index is 779. The molecular weight excluding hydrogens is 244 g/mol. The molecule has 3 N–H and O–H groups in total. The van der Waals surface area contributed by atoms with E-state index in [4.69, 9.17) is 10.8 Å². The van der Waals surface area contributed by atoms with E-state index in [0.29, 0.717) is 5.82 Å². The Morgan fingerprint density at radius 3 is 2.74 bits per heavy atom. The molecule has 94 valence electrons. The maximum Gasteiger partial charge on any atom is 0.358 e. The minimum atomic E-state index is -1.16. The Hall–Kier alpha value is -2.89. The Balaban J connectivity index is 2.13. The number of nitrogen functional groups attached to an aromatic ring is 1. The summed E-state index contributed by atoms with van der Waals surface area (Å²) < 4.78 is 1.37. The molecule has 0 atom stereocenters. The maximum absolute atomic E-state index is 10.9. The number of anilines is 1. The molecule has 0 aliphatic rings. The van der Waals surface area contributed by atoms with Crippen LogP contribution in [0.25, 0.3) is 16.7 Å². The van der Waals surface area contributed by atoms with Gasteiger partial charge in [0.2, 0.25) is 0 Å². The number of hydrogen-bond acceptors (Lipinski definition) is 4. The van der Waals surface area contributed by atoms with Crippen molar-refractivity contribution in [3.63, 3.8) is 0 Å². The minimum Gasteiger partial charge on any atom is -0.476 e. The van der Waals surface area contributed by atoms with Crippen molar-refractivity contribution in [2.75, 3.05) is 5.73 Å². The third-order valence-electron chi connectivity index (χ3n) is 2.76. The largest absolute Gasteiger partial charge is 0.476 e. The Kier molecular flexibility index (Phi) is 2.42. The lowest BCUT2D eigenvalue weighted by molar-refractivity contribution is 0.0691. The van der Waals surface area contributed by atoms with Crippen LogP contribution in [0, 0.1) is 0 Å². The third-order valence-corrected chi connectivity index (χ3v) is 2.76. The fourth-order valence-corrected chi connectivity index (χ4v) is 1.85. The van der Waals surface area contributed by atoms with Gasteiger partial charge in [-0.15, -0.1) is 0 Å². The molecule has 3 rings (SSSR count). The molecule has 0 unspecified atom stereocenters. The van der Waals surface area contributed by atoms with Crippen molar-refractivity contribution in [2.45, 2.75) is 0 Å². The van der Waals surface area contributed by atoms with E-state index in [1.54, 1.807) is 6.07 Å². The normalized spacial score (nSPS) is 10.7. The van der Waals surface area contributed by atoms with E-state index in [0.717, 1.165) is 10.9 Å². The molecule has 0 saturated heterocycles.